The van der Waals surface area contributed by atoms with Crippen LogP contribution in [0.4, 0.5) is 28.4 Å². The van der Waals surface area contributed by atoms with Gasteiger partial charge >= 0.3 is 0 Å². The fourth-order valence-electron chi connectivity index (χ4n) is 8.85. The van der Waals surface area contributed by atoms with Crippen molar-refractivity contribution in [3.05, 3.63) is 224 Å². The Labute approximate surface area is 332 Å². The molecule has 3 heteroatoms. The summed E-state index contributed by atoms with van der Waals surface area (Å²) < 4.78 is 6.42. The molecule has 8 aromatic carbocycles. The third-order valence-electron chi connectivity index (χ3n) is 11.6. The summed E-state index contributed by atoms with van der Waals surface area (Å²) in [6.45, 7) is 0. The minimum atomic E-state index is 0.257. The molecule has 2 aliphatic rings. The lowest BCUT2D eigenvalue weighted by Gasteiger charge is -2.30. The van der Waals surface area contributed by atoms with E-state index in [1.165, 1.54) is 39.2 Å². The first-order chi connectivity index (χ1) is 28.3. The van der Waals surface area contributed by atoms with Crippen LogP contribution in [0.15, 0.2) is 223 Å². The second kappa shape index (κ2) is 13.7. The highest BCUT2D eigenvalue weighted by molar-refractivity contribution is 6.09. The SMILES string of the molecule is C1=CC2c3ccccc3N(c3ccc(N(c4ccc(-c5ccc(-c6ccccc6)cc5)cc4)c4ccc(-c5cccc6c5oc5ccccc56)cc4)cc3)C2C=C1. The number of rotatable bonds is 7. The van der Waals surface area contributed by atoms with Gasteiger partial charge in [-0.2, -0.15) is 0 Å². The maximum atomic E-state index is 6.42. The highest BCUT2D eigenvalue weighted by Crippen LogP contribution is 2.48. The predicted octanol–water partition coefficient (Wildman–Crippen LogP) is 14.8. The van der Waals surface area contributed by atoms with Gasteiger partial charge in [0.2, 0.25) is 0 Å². The fraction of sp³-hybridized carbons (Fsp3) is 0.0370. The predicted molar refractivity (Wildman–Crippen MR) is 238 cm³/mol. The third kappa shape index (κ3) is 5.75. The molecule has 0 saturated heterocycles. The molecule has 2 heterocycles. The average molecular weight is 731 g/mol. The average Bonchev–Trinajstić information content (AvgIpc) is 3.84. The number of furan rings is 1. The molecule has 0 saturated carbocycles. The molecule has 1 aromatic heterocycles. The number of anilines is 5. The second-order valence-corrected chi connectivity index (χ2v) is 14.9. The summed E-state index contributed by atoms with van der Waals surface area (Å²) in [6, 6.07) is 70.0. The van der Waals surface area contributed by atoms with Crippen LogP contribution in [0.25, 0.3) is 55.3 Å². The summed E-state index contributed by atoms with van der Waals surface area (Å²) in [4.78, 5) is 4.83. The van der Waals surface area contributed by atoms with Crippen molar-refractivity contribution in [3.63, 3.8) is 0 Å². The molecule has 11 rings (SSSR count). The molecule has 1 aliphatic heterocycles. The van der Waals surface area contributed by atoms with E-state index >= 15 is 0 Å². The summed E-state index contributed by atoms with van der Waals surface area (Å²) in [5.74, 6) is 0.347. The van der Waals surface area contributed by atoms with Gasteiger partial charge in [-0.3, -0.25) is 0 Å². The van der Waals surface area contributed by atoms with Gasteiger partial charge in [-0.05, 0) is 94.0 Å². The molecule has 0 spiro atoms. The zero-order valence-corrected chi connectivity index (χ0v) is 31.2. The smallest absolute Gasteiger partial charge is 0.143 e. The lowest BCUT2D eigenvalue weighted by Crippen LogP contribution is -2.28. The van der Waals surface area contributed by atoms with Gasteiger partial charge in [-0.25, -0.2) is 0 Å². The molecule has 2 atom stereocenters. The van der Waals surface area contributed by atoms with Crippen LogP contribution >= 0.6 is 0 Å². The van der Waals surface area contributed by atoms with E-state index in [1.807, 2.05) is 12.1 Å². The van der Waals surface area contributed by atoms with E-state index in [0.29, 0.717) is 5.92 Å². The Morgan fingerprint density at radius 2 is 0.965 bits per heavy atom. The van der Waals surface area contributed by atoms with Crippen molar-refractivity contribution in [1.29, 1.82) is 0 Å². The molecule has 2 unspecified atom stereocenters. The number of nitrogens with zero attached hydrogens (tertiary/aromatic N) is 2. The Morgan fingerprint density at radius 1 is 0.421 bits per heavy atom. The molecular weight excluding hydrogens is 693 g/mol. The fourth-order valence-corrected chi connectivity index (χ4v) is 8.85. The molecular formula is C54H38N2O. The maximum absolute atomic E-state index is 6.42. The van der Waals surface area contributed by atoms with Crippen LogP contribution in [-0.4, -0.2) is 6.04 Å². The molecule has 0 N–H and O–H groups in total. The van der Waals surface area contributed by atoms with Crippen molar-refractivity contribution in [2.24, 2.45) is 0 Å². The molecule has 270 valence electrons. The van der Waals surface area contributed by atoms with Gasteiger partial charge in [-0.15, -0.1) is 0 Å². The highest BCUT2D eigenvalue weighted by atomic mass is 16.3. The van der Waals surface area contributed by atoms with Crippen molar-refractivity contribution in [1.82, 2.24) is 0 Å². The van der Waals surface area contributed by atoms with Crippen LogP contribution < -0.4 is 9.80 Å². The van der Waals surface area contributed by atoms with Crippen molar-refractivity contribution in [2.75, 3.05) is 9.80 Å². The summed E-state index contributed by atoms with van der Waals surface area (Å²) in [5.41, 5.74) is 15.9. The molecule has 0 fully saturated rings. The standard InChI is InChI=1S/C54H38N2O/c1-2-11-37(12-3-1)38-21-23-39(24-22-38)40-25-29-42(30-26-40)55(43-31-27-41(28-32-43)46-16-10-17-50-49-15-6-9-20-53(49)57-54(46)50)44-33-35-45(36-34-44)56-51-18-7-4-13-47(51)48-14-5-8-19-52(48)56/h1-36,47,51H. The number of allylic oxidation sites excluding steroid dienone is 2. The van der Waals surface area contributed by atoms with E-state index in [0.717, 1.165) is 50.1 Å². The molecule has 57 heavy (non-hydrogen) atoms. The normalized spacial score (nSPS) is 15.5. The van der Waals surface area contributed by atoms with Gasteiger partial charge in [-0.1, -0.05) is 158 Å². The topological polar surface area (TPSA) is 19.6 Å². The largest absolute Gasteiger partial charge is 0.455 e. The number of hydrogen-bond donors (Lipinski definition) is 0. The number of para-hydroxylation sites is 3. The van der Waals surface area contributed by atoms with Gasteiger partial charge in [0.1, 0.15) is 11.2 Å². The van der Waals surface area contributed by atoms with Crippen LogP contribution in [0.1, 0.15) is 11.5 Å². The van der Waals surface area contributed by atoms with E-state index in [2.05, 4.69) is 216 Å². The minimum absolute atomic E-state index is 0.257. The third-order valence-corrected chi connectivity index (χ3v) is 11.6. The monoisotopic (exact) mass is 730 g/mol. The zero-order valence-electron chi connectivity index (χ0n) is 31.2. The molecule has 3 nitrogen and oxygen atoms in total. The van der Waals surface area contributed by atoms with E-state index in [4.69, 9.17) is 4.42 Å². The summed E-state index contributed by atoms with van der Waals surface area (Å²) in [7, 11) is 0. The van der Waals surface area contributed by atoms with Gasteiger partial charge in [0.05, 0.1) is 6.04 Å². The highest BCUT2D eigenvalue weighted by Gasteiger charge is 2.37. The maximum Gasteiger partial charge on any atom is 0.143 e. The quantitative estimate of drug-likeness (QED) is 0.163. The molecule has 9 aromatic rings. The summed E-state index contributed by atoms with van der Waals surface area (Å²) >= 11 is 0. The van der Waals surface area contributed by atoms with Gasteiger partial charge in [0.15, 0.2) is 0 Å². The van der Waals surface area contributed by atoms with E-state index in [9.17, 15) is 0 Å². The Kier molecular flexibility index (Phi) is 7.96. The zero-order chi connectivity index (χ0) is 37.7. The number of benzene rings is 8. The molecule has 1 aliphatic carbocycles. The lowest BCUT2D eigenvalue weighted by molar-refractivity contribution is 0.670. The number of hydrogen-bond acceptors (Lipinski definition) is 3. The van der Waals surface area contributed by atoms with Crippen LogP contribution in [0, 0.1) is 0 Å². The van der Waals surface area contributed by atoms with Crippen LogP contribution in [0.3, 0.4) is 0 Å². The van der Waals surface area contributed by atoms with E-state index in [-0.39, 0.29) is 6.04 Å². The van der Waals surface area contributed by atoms with Crippen LogP contribution in [-0.2, 0) is 0 Å². The van der Waals surface area contributed by atoms with Crippen molar-refractivity contribution in [3.8, 4) is 33.4 Å². The first-order valence-electron chi connectivity index (χ1n) is 19.7. The Hall–Kier alpha value is -7.36. The van der Waals surface area contributed by atoms with Crippen molar-refractivity contribution >= 4 is 50.4 Å². The second-order valence-electron chi connectivity index (χ2n) is 14.9. The molecule has 0 radical (unpaired) electrons. The molecule has 0 amide bonds. The van der Waals surface area contributed by atoms with E-state index < -0.39 is 0 Å². The van der Waals surface area contributed by atoms with Crippen molar-refractivity contribution < 1.29 is 4.42 Å². The first kappa shape index (κ1) is 33.0. The number of fused-ring (bicyclic) bond motifs is 6. The Balaban J connectivity index is 0.961. The van der Waals surface area contributed by atoms with Crippen LogP contribution in [0.5, 0.6) is 0 Å². The van der Waals surface area contributed by atoms with Gasteiger partial charge in [0.25, 0.3) is 0 Å². The Morgan fingerprint density at radius 3 is 1.68 bits per heavy atom. The van der Waals surface area contributed by atoms with Crippen molar-refractivity contribution in [2.45, 2.75) is 12.0 Å². The van der Waals surface area contributed by atoms with Crippen LogP contribution in [0.2, 0.25) is 0 Å². The lowest BCUT2D eigenvalue weighted by atomic mass is 9.91. The molecule has 0 bridgehead atoms. The summed E-state index contributed by atoms with van der Waals surface area (Å²) in [5, 5.41) is 2.27. The van der Waals surface area contributed by atoms with Gasteiger partial charge < -0.3 is 14.2 Å². The summed E-state index contributed by atoms with van der Waals surface area (Å²) in [6.07, 6.45) is 9.01. The Bertz CT molecular complexity index is 2940. The van der Waals surface area contributed by atoms with Gasteiger partial charge in [0, 0.05) is 50.7 Å². The minimum Gasteiger partial charge on any atom is -0.455 e. The van der Waals surface area contributed by atoms with E-state index in [1.54, 1.807) is 0 Å². The first-order valence-corrected chi connectivity index (χ1v) is 19.7.